The Morgan fingerprint density at radius 3 is 2.50 bits per heavy atom. The molecule has 0 aliphatic heterocycles. The molecular formula is C17H19FN2O2. The van der Waals surface area contributed by atoms with E-state index in [9.17, 15) is 9.18 Å². The van der Waals surface area contributed by atoms with Crippen LogP contribution in [0.5, 0.6) is 0 Å². The lowest BCUT2D eigenvalue weighted by Crippen LogP contribution is -2.49. The second kappa shape index (κ2) is 5.55. The third-order valence-corrected chi connectivity index (χ3v) is 4.51. The first-order valence-corrected chi connectivity index (χ1v) is 7.48. The van der Waals surface area contributed by atoms with Crippen molar-refractivity contribution in [3.8, 4) is 0 Å². The molecule has 1 heterocycles. The molecule has 3 rings (SSSR count). The standard InChI is InChI=1S/C17H19FN2O2/c1-11-12(2)22-15(20-11)10-19-16(21)17(8-3-9-17)13-4-6-14(18)7-5-13/h4-7H,3,8-10H2,1-2H3,(H,19,21). The Morgan fingerprint density at radius 1 is 1.32 bits per heavy atom. The third-order valence-electron chi connectivity index (χ3n) is 4.51. The van der Waals surface area contributed by atoms with Gasteiger partial charge in [-0.15, -0.1) is 0 Å². The van der Waals surface area contributed by atoms with Crippen molar-refractivity contribution in [3.05, 3.63) is 53.0 Å². The second-order valence-corrected chi connectivity index (χ2v) is 5.87. The van der Waals surface area contributed by atoms with E-state index in [2.05, 4.69) is 10.3 Å². The van der Waals surface area contributed by atoms with Crippen LogP contribution in [0.15, 0.2) is 28.7 Å². The summed E-state index contributed by atoms with van der Waals surface area (Å²) in [6.45, 7) is 3.99. The van der Waals surface area contributed by atoms with Crippen molar-refractivity contribution in [2.24, 2.45) is 0 Å². The number of oxazole rings is 1. The van der Waals surface area contributed by atoms with Crippen molar-refractivity contribution in [3.63, 3.8) is 0 Å². The molecule has 0 radical (unpaired) electrons. The van der Waals surface area contributed by atoms with Gasteiger partial charge in [-0.25, -0.2) is 9.37 Å². The number of aryl methyl sites for hydroxylation is 2. The average molecular weight is 302 g/mol. The summed E-state index contributed by atoms with van der Waals surface area (Å²) in [5.74, 6) is 0.946. The maximum atomic E-state index is 13.1. The smallest absolute Gasteiger partial charge is 0.231 e. The summed E-state index contributed by atoms with van der Waals surface area (Å²) in [6.07, 6.45) is 2.57. The number of nitrogens with zero attached hydrogens (tertiary/aromatic N) is 1. The van der Waals surface area contributed by atoms with Crippen molar-refractivity contribution < 1.29 is 13.6 Å². The minimum Gasteiger partial charge on any atom is -0.444 e. The van der Waals surface area contributed by atoms with Gasteiger partial charge in [0.05, 0.1) is 17.7 Å². The van der Waals surface area contributed by atoms with E-state index in [4.69, 9.17) is 4.42 Å². The molecule has 1 aliphatic rings. The van der Waals surface area contributed by atoms with E-state index in [0.717, 1.165) is 36.3 Å². The summed E-state index contributed by atoms with van der Waals surface area (Å²) < 4.78 is 18.6. The lowest BCUT2D eigenvalue weighted by Gasteiger charge is -2.40. The van der Waals surface area contributed by atoms with Gasteiger partial charge in [0.25, 0.3) is 0 Å². The van der Waals surface area contributed by atoms with Crippen LogP contribution in [0, 0.1) is 19.7 Å². The molecule has 1 aliphatic carbocycles. The normalized spacial score (nSPS) is 16.1. The number of benzene rings is 1. The first kappa shape index (κ1) is 14.8. The fourth-order valence-corrected chi connectivity index (χ4v) is 2.89. The highest BCUT2D eigenvalue weighted by atomic mass is 19.1. The summed E-state index contributed by atoms with van der Waals surface area (Å²) >= 11 is 0. The largest absolute Gasteiger partial charge is 0.444 e. The molecule has 0 atom stereocenters. The van der Waals surface area contributed by atoms with E-state index in [0.29, 0.717) is 5.89 Å². The highest BCUT2D eigenvalue weighted by Gasteiger charge is 2.45. The van der Waals surface area contributed by atoms with Crippen LogP contribution < -0.4 is 5.32 Å². The molecule has 1 aromatic carbocycles. The number of carbonyl (C=O) groups excluding carboxylic acids is 1. The topological polar surface area (TPSA) is 55.1 Å². The molecule has 1 aromatic heterocycles. The molecule has 4 nitrogen and oxygen atoms in total. The Bertz CT molecular complexity index is 668. The van der Waals surface area contributed by atoms with Gasteiger partial charge >= 0.3 is 0 Å². The number of rotatable bonds is 4. The minimum absolute atomic E-state index is 0.0427. The van der Waals surface area contributed by atoms with Gasteiger partial charge in [-0.2, -0.15) is 0 Å². The molecule has 5 heteroatoms. The first-order chi connectivity index (χ1) is 10.5. The van der Waals surface area contributed by atoms with Gasteiger partial charge in [-0.05, 0) is 44.4 Å². The molecule has 22 heavy (non-hydrogen) atoms. The number of hydrogen-bond acceptors (Lipinski definition) is 3. The predicted molar refractivity (Wildman–Crippen MR) is 79.8 cm³/mol. The summed E-state index contributed by atoms with van der Waals surface area (Å²) in [7, 11) is 0. The van der Waals surface area contributed by atoms with Crippen LogP contribution in [-0.2, 0) is 16.8 Å². The van der Waals surface area contributed by atoms with Gasteiger partial charge in [0.2, 0.25) is 11.8 Å². The van der Waals surface area contributed by atoms with Gasteiger partial charge in [0.1, 0.15) is 11.6 Å². The molecule has 2 aromatic rings. The van der Waals surface area contributed by atoms with E-state index in [1.165, 1.54) is 12.1 Å². The van der Waals surface area contributed by atoms with Crippen LogP contribution in [-0.4, -0.2) is 10.9 Å². The zero-order valence-corrected chi connectivity index (χ0v) is 12.8. The number of halogens is 1. The SMILES string of the molecule is Cc1nc(CNC(=O)C2(c3ccc(F)cc3)CCC2)oc1C. The second-order valence-electron chi connectivity index (χ2n) is 5.87. The average Bonchev–Trinajstić information content (AvgIpc) is 2.76. The van der Waals surface area contributed by atoms with Gasteiger partial charge in [-0.3, -0.25) is 4.79 Å². The highest BCUT2D eigenvalue weighted by molar-refractivity contribution is 5.89. The van der Waals surface area contributed by atoms with Gasteiger partial charge in [-0.1, -0.05) is 18.6 Å². The van der Waals surface area contributed by atoms with Crippen molar-refractivity contribution in [2.75, 3.05) is 0 Å². The quantitative estimate of drug-likeness (QED) is 0.944. The molecule has 116 valence electrons. The zero-order chi connectivity index (χ0) is 15.7. The van der Waals surface area contributed by atoms with Crippen LogP contribution in [0.1, 0.15) is 42.2 Å². The van der Waals surface area contributed by atoms with Gasteiger partial charge < -0.3 is 9.73 Å². The van der Waals surface area contributed by atoms with E-state index >= 15 is 0 Å². The molecule has 0 bridgehead atoms. The molecular weight excluding hydrogens is 283 g/mol. The summed E-state index contributed by atoms with van der Waals surface area (Å²) in [5.41, 5.74) is 1.17. The maximum absolute atomic E-state index is 13.1. The molecule has 1 amide bonds. The summed E-state index contributed by atoms with van der Waals surface area (Å²) in [4.78, 5) is 16.9. The Balaban J connectivity index is 1.73. The Hall–Kier alpha value is -2.17. The Labute approximate surface area is 128 Å². The molecule has 0 saturated heterocycles. The van der Waals surface area contributed by atoms with Crippen LogP contribution in [0.4, 0.5) is 4.39 Å². The van der Waals surface area contributed by atoms with Crippen LogP contribution in [0.2, 0.25) is 0 Å². The molecule has 1 N–H and O–H groups in total. The minimum atomic E-state index is -0.537. The molecule has 1 fully saturated rings. The zero-order valence-electron chi connectivity index (χ0n) is 12.8. The lowest BCUT2D eigenvalue weighted by atomic mass is 9.64. The van der Waals surface area contributed by atoms with Gasteiger partial charge in [0.15, 0.2) is 0 Å². The number of nitrogens with one attached hydrogen (secondary N) is 1. The monoisotopic (exact) mass is 302 g/mol. The van der Waals surface area contributed by atoms with Crippen molar-refractivity contribution >= 4 is 5.91 Å². The molecule has 0 spiro atoms. The van der Waals surface area contributed by atoms with Crippen LogP contribution in [0.25, 0.3) is 0 Å². The van der Waals surface area contributed by atoms with E-state index in [-0.39, 0.29) is 18.3 Å². The van der Waals surface area contributed by atoms with Gasteiger partial charge in [0, 0.05) is 0 Å². The van der Waals surface area contributed by atoms with Crippen molar-refractivity contribution in [1.29, 1.82) is 0 Å². The van der Waals surface area contributed by atoms with E-state index in [1.807, 2.05) is 13.8 Å². The first-order valence-electron chi connectivity index (χ1n) is 7.48. The van der Waals surface area contributed by atoms with Crippen molar-refractivity contribution in [1.82, 2.24) is 10.3 Å². The van der Waals surface area contributed by atoms with Crippen LogP contribution in [0.3, 0.4) is 0 Å². The fourth-order valence-electron chi connectivity index (χ4n) is 2.89. The van der Waals surface area contributed by atoms with E-state index in [1.54, 1.807) is 12.1 Å². The van der Waals surface area contributed by atoms with Crippen LogP contribution >= 0.6 is 0 Å². The number of amides is 1. The Morgan fingerprint density at radius 2 is 2.00 bits per heavy atom. The fraction of sp³-hybridized carbons (Fsp3) is 0.412. The predicted octanol–water partition coefficient (Wildman–Crippen LogP) is 3.17. The lowest BCUT2D eigenvalue weighted by molar-refractivity contribution is -0.130. The maximum Gasteiger partial charge on any atom is 0.231 e. The van der Waals surface area contributed by atoms with Crippen molar-refractivity contribution in [2.45, 2.75) is 45.1 Å². The number of aromatic nitrogens is 1. The number of carbonyl (C=O) groups is 1. The molecule has 0 unspecified atom stereocenters. The summed E-state index contributed by atoms with van der Waals surface area (Å²) in [6, 6.07) is 6.22. The number of hydrogen-bond donors (Lipinski definition) is 1. The highest BCUT2D eigenvalue weighted by Crippen LogP contribution is 2.44. The molecule has 1 saturated carbocycles. The summed E-state index contributed by atoms with van der Waals surface area (Å²) in [5, 5.41) is 2.91. The third kappa shape index (κ3) is 2.51. The van der Waals surface area contributed by atoms with E-state index < -0.39 is 5.41 Å². The Kier molecular flexibility index (Phi) is 3.72.